The second kappa shape index (κ2) is 5.72. The van der Waals surface area contributed by atoms with Gasteiger partial charge in [-0.3, -0.25) is 0 Å². The molecule has 0 aromatic rings. The van der Waals surface area contributed by atoms with Crippen LogP contribution in [0.3, 0.4) is 0 Å². The van der Waals surface area contributed by atoms with Gasteiger partial charge in [-0.25, -0.2) is 0 Å². The minimum absolute atomic E-state index is 0.403. The van der Waals surface area contributed by atoms with E-state index in [0.717, 1.165) is 0 Å². The summed E-state index contributed by atoms with van der Waals surface area (Å²) in [5.74, 6) is -0.806. The van der Waals surface area contributed by atoms with Gasteiger partial charge in [0.25, 0.3) is 20.2 Å². The van der Waals surface area contributed by atoms with E-state index in [1.807, 2.05) is 0 Å². The van der Waals surface area contributed by atoms with E-state index in [9.17, 15) is 16.8 Å². The first-order valence-electron chi connectivity index (χ1n) is 7.38. The number of hydrogen-bond acceptors (Lipinski definition) is 5. The first-order chi connectivity index (χ1) is 10.5. The van der Waals surface area contributed by atoms with Gasteiger partial charge >= 0.3 is 0 Å². The van der Waals surface area contributed by atoms with E-state index in [2.05, 4.69) is 0 Å². The minimum Gasteiger partial charge on any atom is -0.197 e. The molecule has 0 aliphatic heterocycles. The van der Waals surface area contributed by atoms with Crippen LogP contribution in [0.2, 0.25) is 0 Å². The molecule has 4 unspecified atom stereocenters. The molecule has 2 aliphatic carbocycles. The summed E-state index contributed by atoms with van der Waals surface area (Å²) in [5, 5.41) is 0. The van der Waals surface area contributed by atoms with Gasteiger partial charge in [-0.1, -0.05) is 62.5 Å². The van der Waals surface area contributed by atoms with E-state index in [1.165, 1.54) is 26.0 Å². The van der Waals surface area contributed by atoms with Crippen LogP contribution in [0.4, 0.5) is 0 Å². The lowest BCUT2D eigenvalue weighted by Gasteiger charge is -2.35. The van der Waals surface area contributed by atoms with Gasteiger partial charge in [0.15, 0.2) is 0 Å². The molecule has 0 N–H and O–H groups in total. The normalized spacial score (nSPS) is 37.2. The van der Waals surface area contributed by atoms with Crippen molar-refractivity contribution in [3.63, 3.8) is 0 Å². The Morgan fingerprint density at radius 3 is 1.39 bits per heavy atom. The molecule has 4 atom stereocenters. The second-order valence-corrected chi connectivity index (χ2v) is 10.5. The molecule has 0 heterocycles. The molecule has 2 aliphatic rings. The molecule has 7 heteroatoms. The van der Waals surface area contributed by atoms with Gasteiger partial charge in [0.2, 0.25) is 0 Å². The summed E-state index contributed by atoms with van der Waals surface area (Å²) in [4.78, 5) is 0. The van der Waals surface area contributed by atoms with E-state index >= 15 is 0 Å². The van der Waals surface area contributed by atoms with Crippen LogP contribution in [0.5, 0.6) is 0 Å². The monoisotopic (exact) mass is 358 g/mol. The molecule has 0 spiro atoms. The molecule has 0 aromatic carbocycles. The van der Waals surface area contributed by atoms with E-state index in [-0.39, 0.29) is 0 Å². The minimum atomic E-state index is -4.38. The van der Waals surface area contributed by atoms with E-state index in [1.54, 1.807) is 50.3 Å². The van der Waals surface area contributed by atoms with Gasteiger partial charge in [-0.2, -0.15) is 16.8 Å². The molecule has 0 amide bonds. The third-order valence-corrected chi connectivity index (χ3v) is 9.54. The Hall–Kier alpha value is -1.18. The van der Waals surface area contributed by atoms with Crippen molar-refractivity contribution in [3.8, 4) is 0 Å². The summed E-state index contributed by atoms with van der Waals surface area (Å²) in [6.45, 7) is 6.35. The maximum absolute atomic E-state index is 12.7. The summed E-state index contributed by atoms with van der Waals surface area (Å²) in [7, 11) is -8.77. The molecule has 5 nitrogen and oxygen atoms in total. The summed E-state index contributed by atoms with van der Waals surface area (Å²) in [5.41, 5.74) is 0. The van der Waals surface area contributed by atoms with Crippen molar-refractivity contribution in [2.75, 3.05) is 0 Å². The maximum Gasteiger partial charge on any atom is 0.291 e. The first-order valence-corrected chi connectivity index (χ1v) is 10.2. The van der Waals surface area contributed by atoms with Gasteiger partial charge < -0.3 is 0 Å². The Labute approximate surface area is 138 Å². The van der Waals surface area contributed by atoms with Crippen molar-refractivity contribution < 1.29 is 20.5 Å². The maximum atomic E-state index is 12.7. The third-order valence-electron chi connectivity index (χ3n) is 4.94. The smallest absolute Gasteiger partial charge is 0.197 e. The zero-order chi connectivity index (χ0) is 17.5. The number of hydrogen-bond donors (Lipinski definition) is 0. The van der Waals surface area contributed by atoms with Gasteiger partial charge in [-0.05, 0) is 25.7 Å². The number of rotatable bonds is 4. The van der Waals surface area contributed by atoms with Crippen molar-refractivity contribution in [2.24, 2.45) is 11.8 Å². The lowest BCUT2D eigenvalue weighted by Crippen LogP contribution is -2.47. The zero-order valence-electron chi connectivity index (χ0n) is 13.6. The molecule has 0 aromatic heterocycles. The molecular weight excluding hydrogens is 336 g/mol. The third kappa shape index (κ3) is 2.86. The Morgan fingerprint density at radius 2 is 1.09 bits per heavy atom. The summed E-state index contributed by atoms with van der Waals surface area (Å²) in [6.07, 6.45) is 13.0. The van der Waals surface area contributed by atoms with E-state index < -0.39 is 41.6 Å². The van der Waals surface area contributed by atoms with Crippen LogP contribution in [0.15, 0.2) is 48.6 Å². The lowest BCUT2D eigenvalue weighted by molar-refractivity contribution is 0.398. The van der Waals surface area contributed by atoms with Crippen molar-refractivity contribution in [1.29, 1.82) is 0 Å². The molecule has 0 saturated heterocycles. The predicted octanol–water partition coefficient (Wildman–Crippen LogP) is 2.70. The van der Waals surface area contributed by atoms with E-state index in [0.29, 0.717) is 0 Å². The SMILES string of the molecule is CC1C=CC=CC1(C)S(=O)(=O)OS(=O)(=O)C1(C)C=CC=CC1C. The highest BCUT2D eigenvalue weighted by Gasteiger charge is 2.51. The summed E-state index contributed by atoms with van der Waals surface area (Å²) < 4.78 is 52.8. The molecule has 0 radical (unpaired) electrons. The van der Waals surface area contributed by atoms with E-state index in [4.69, 9.17) is 3.63 Å². The Bertz CT molecular complexity index is 733. The van der Waals surface area contributed by atoms with Crippen LogP contribution >= 0.6 is 0 Å². The standard InChI is InChI=1S/C16H22O5S2/c1-13-9-5-7-11-15(13,3)22(17,18)21-23(19,20)16(4)12-8-6-10-14(16)2/h5-14H,1-4H3. The van der Waals surface area contributed by atoms with Crippen LogP contribution in [-0.2, 0) is 23.9 Å². The fraction of sp³-hybridized carbons (Fsp3) is 0.500. The Morgan fingerprint density at radius 1 is 0.739 bits per heavy atom. The quantitative estimate of drug-likeness (QED) is 0.772. The van der Waals surface area contributed by atoms with Crippen LogP contribution in [0, 0.1) is 11.8 Å². The summed E-state index contributed by atoms with van der Waals surface area (Å²) in [6, 6.07) is 0. The van der Waals surface area contributed by atoms with Gasteiger partial charge in [0.05, 0.1) is 0 Å². The van der Waals surface area contributed by atoms with Gasteiger partial charge in [0, 0.05) is 0 Å². The largest absolute Gasteiger partial charge is 0.291 e. The number of allylic oxidation sites excluding steroid dienone is 6. The topological polar surface area (TPSA) is 77.5 Å². The highest BCUT2D eigenvalue weighted by molar-refractivity contribution is 8.01. The van der Waals surface area contributed by atoms with Crippen molar-refractivity contribution in [3.05, 3.63) is 48.6 Å². The average Bonchev–Trinajstić information content (AvgIpc) is 2.44. The van der Waals surface area contributed by atoms with Crippen LogP contribution < -0.4 is 0 Å². The first kappa shape index (κ1) is 18.2. The van der Waals surface area contributed by atoms with Crippen LogP contribution in [0.1, 0.15) is 27.7 Å². The second-order valence-electron chi connectivity index (χ2n) is 6.41. The highest BCUT2D eigenvalue weighted by Crippen LogP contribution is 2.39. The summed E-state index contributed by atoms with van der Waals surface area (Å²) >= 11 is 0. The molecule has 0 fully saturated rings. The molecular formula is C16H22O5S2. The molecule has 0 saturated carbocycles. The van der Waals surface area contributed by atoms with Gasteiger partial charge in [-0.15, -0.1) is 3.63 Å². The molecule has 23 heavy (non-hydrogen) atoms. The molecule has 2 rings (SSSR count). The van der Waals surface area contributed by atoms with Crippen molar-refractivity contribution >= 4 is 20.2 Å². The molecule has 128 valence electrons. The zero-order valence-corrected chi connectivity index (χ0v) is 15.3. The molecule has 0 bridgehead atoms. The fourth-order valence-electron chi connectivity index (χ4n) is 2.53. The van der Waals surface area contributed by atoms with Crippen LogP contribution in [0.25, 0.3) is 0 Å². The average molecular weight is 358 g/mol. The Kier molecular flexibility index (Phi) is 4.52. The predicted molar refractivity (Wildman–Crippen MR) is 90.6 cm³/mol. The highest BCUT2D eigenvalue weighted by atomic mass is 32.3. The van der Waals surface area contributed by atoms with Crippen molar-refractivity contribution in [1.82, 2.24) is 0 Å². The fourth-order valence-corrected chi connectivity index (χ4v) is 6.20. The van der Waals surface area contributed by atoms with Crippen LogP contribution in [-0.4, -0.2) is 26.3 Å². The van der Waals surface area contributed by atoms with Gasteiger partial charge in [0.1, 0.15) is 9.49 Å². The lowest BCUT2D eigenvalue weighted by atomic mass is 9.91. The Balaban J connectivity index is 2.41. The van der Waals surface area contributed by atoms with Crippen molar-refractivity contribution in [2.45, 2.75) is 37.2 Å².